The van der Waals surface area contributed by atoms with Gasteiger partial charge in [-0.25, -0.2) is 0 Å². The first-order valence-corrected chi connectivity index (χ1v) is 6.24. The summed E-state index contributed by atoms with van der Waals surface area (Å²) in [6.45, 7) is 6.48. The summed E-state index contributed by atoms with van der Waals surface area (Å²) < 4.78 is 5.27. The zero-order valence-electron chi connectivity index (χ0n) is 11.3. The molecule has 0 heterocycles. The lowest BCUT2D eigenvalue weighted by molar-refractivity contribution is 0.367. The Morgan fingerprint density at radius 1 is 1.41 bits per heavy atom. The van der Waals surface area contributed by atoms with E-state index in [2.05, 4.69) is 38.3 Å². The maximum atomic E-state index is 5.68. The van der Waals surface area contributed by atoms with Crippen molar-refractivity contribution in [3.63, 3.8) is 0 Å². The number of nitrogens with one attached hydrogen (secondary N) is 1. The second-order valence-corrected chi connectivity index (χ2v) is 4.64. The number of rotatable bonds is 6. The molecule has 0 amide bonds. The van der Waals surface area contributed by atoms with Crippen LogP contribution in [-0.2, 0) is 0 Å². The predicted octanol–water partition coefficient (Wildman–Crippen LogP) is 2.94. The second-order valence-electron chi connectivity index (χ2n) is 4.64. The minimum atomic E-state index is 0.208. The first-order chi connectivity index (χ1) is 8.13. The van der Waals surface area contributed by atoms with Gasteiger partial charge in [0.25, 0.3) is 0 Å². The van der Waals surface area contributed by atoms with Gasteiger partial charge in [-0.3, -0.25) is 11.3 Å². The minimum Gasteiger partial charge on any atom is -0.496 e. The number of benzene rings is 1. The largest absolute Gasteiger partial charge is 0.496 e. The highest BCUT2D eigenvalue weighted by Crippen LogP contribution is 2.28. The number of ether oxygens (including phenoxy) is 1. The van der Waals surface area contributed by atoms with Gasteiger partial charge in [0, 0.05) is 6.04 Å². The van der Waals surface area contributed by atoms with E-state index in [1.807, 2.05) is 6.07 Å². The minimum absolute atomic E-state index is 0.208. The Bertz CT molecular complexity index is 352. The molecule has 1 aromatic rings. The zero-order valence-corrected chi connectivity index (χ0v) is 11.3. The van der Waals surface area contributed by atoms with Crippen LogP contribution in [0.1, 0.15) is 43.9 Å². The molecule has 0 radical (unpaired) electrons. The lowest BCUT2D eigenvalue weighted by atomic mass is 9.90. The van der Waals surface area contributed by atoms with Crippen LogP contribution in [0.4, 0.5) is 0 Å². The van der Waals surface area contributed by atoms with Crippen LogP contribution < -0.4 is 16.0 Å². The molecule has 0 aliphatic carbocycles. The van der Waals surface area contributed by atoms with E-state index < -0.39 is 0 Å². The van der Waals surface area contributed by atoms with E-state index in [1.165, 1.54) is 18.4 Å². The summed E-state index contributed by atoms with van der Waals surface area (Å²) in [5, 5.41) is 0. The smallest absolute Gasteiger partial charge is 0.121 e. The van der Waals surface area contributed by atoms with Crippen molar-refractivity contribution < 1.29 is 4.74 Å². The molecular weight excluding hydrogens is 212 g/mol. The van der Waals surface area contributed by atoms with E-state index in [0.29, 0.717) is 5.92 Å². The molecule has 0 bridgehead atoms. The van der Waals surface area contributed by atoms with Crippen LogP contribution >= 0.6 is 0 Å². The van der Waals surface area contributed by atoms with E-state index in [0.717, 1.165) is 11.3 Å². The Labute approximate surface area is 104 Å². The van der Waals surface area contributed by atoms with Crippen molar-refractivity contribution in [2.45, 2.75) is 39.7 Å². The molecule has 17 heavy (non-hydrogen) atoms. The maximum Gasteiger partial charge on any atom is 0.121 e. The van der Waals surface area contributed by atoms with Gasteiger partial charge in [-0.05, 0) is 36.5 Å². The molecule has 96 valence electrons. The molecule has 1 aromatic carbocycles. The molecule has 1 rings (SSSR count). The standard InChI is InChI=1S/C14H24N2O/c1-5-6-10(2)14(16-15)12-7-8-13(17-4)11(3)9-12/h7-10,14,16H,5-6,15H2,1-4H3. The fraction of sp³-hybridized carbons (Fsp3) is 0.571. The van der Waals surface area contributed by atoms with E-state index in [9.17, 15) is 0 Å². The SMILES string of the molecule is CCCC(C)C(NN)c1ccc(OC)c(C)c1. The predicted molar refractivity (Wildman–Crippen MR) is 71.9 cm³/mol. The number of hydrogen-bond acceptors (Lipinski definition) is 3. The van der Waals surface area contributed by atoms with Gasteiger partial charge in [-0.15, -0.1) is 0 Å². The number of methoxy groups -OCH3 is 1. The van der Waals surface area contributed by atoms with Crippen molar-refractivity contribution in [2.24, 2.45) is 11.8 Å². The van der Waals surface area contributed by atoms with Crippen molar-refractivity contribution >= 4 is 0 Å². The molecule has 0 saturated heterocycles. The number of aryl methyl sites for hydroxylation is 1. The molecular formula is C14H24N2O. The van der Waals surface area contributed by atoms with Gasteiger partial charge in [0.15, 0.2) is 0 Å². The molecule has 0 spiro atoms. The van der Waals surface area contributed by atoms with E-state index in [4.69, 9.17) is 10.6 Å². The lowest BCUT2D eigenvalue weighted by Crippen LogP contribution is -2.32. The highest BCUT2D eigenvalue weighted by atomic mass is 16.5. The molecule has 2 atom stereocenters. The van der Waals surface area contributed by atoms with Gasteiger partial charge >= 0.3 is 0 Å². The maximum absolute atomic E-state index is 5.68. The molecule has 0 aliphatic heterocycles. The highest BCUT2D eigenvalue weighted by Gasteiger charge is 2.17. The third kappa shape index (κ3) is 3.45. The van der Waals surface area contributed by atoms with Gasteiger partial charge in [0.05, 0.1) is 7.11 Å². The van der Waals surface area contributed by atoms with Gasteiger partial charge in [-0.2, -0.15) is 0 Å². The van der Waals surface area contributed by atoms with E-state index in [-0.39, 0.29) is 6.04 Å². The van der Waals surface area contributed by atoms with E-state index in [1.54, 1.807) is 7.11 Å². The summed E-state index contributed by atoms with van der Waals surface area (Å²) in [5.41, 5.74) is 5.30. The van der Waals surface area contributed by atoms with Crippen LogP contribution in [0.15, 0.2) is 18.2 Å². The average molecular weight is 236 g/mol. The number of hydrazine groups is 1. The Hall–Kier alpha value is -1.06. The first kappa shape index (κ1) is 14.0. The van der Waals surface area contributed by atoms with Crippen LogP contribution in [0.3, 0.4) is 0 Å². The van der Waals surface area contributed by atoms with Crippen molar-refractivity contribution in [1.29, 1.82) is 0 Å². The Balaban J connectivity index is 2.92. The van der Waals surface area contributed by atoms with Crippen LogP contribution in [0.2, 0.25) is 0 Å². The third-order valence-corrected chi connectivity index (χ3v) is 3.27. The zero-order chi connectivity index (χ0) is 12.8. The van der Waals surface area contributed by atoms with Gasteiger partial charge in [0.1, 0.15) is 5.75 Å². The molecule has 0 aliphatic rings. The fourth-order valence-electron chi connectivity index (χ4n) is 2.31. The summed E-state index contributed by atoms with van der Waals surface area (Å²) >= 11 is 0. The van der Waals surface area contributed by atoms with Crippen molar-refractivity contribution in [1.82, 2.24) is 5.43 Å². The summed E-state index contributed by atoms with van der Waals surface area (Å²) in [5.74, 6) is 7.12. The van der Waals surface area contributed by atoms with Crippen molar-refractivity contribution in [2.75, 3.05) is 7.11 Å². The molecule has 3 heteroatoms. The molecule has 2 unspecified atom stereocenters. The van der Waals surface area contributed by atoms with E-state index >= 15 is 0 Å². The summed E-state index contributed by atoms with van der Waals surface area (Å²) in [4.78, 5) is 0. The molecule has 3 nitrogen and oxygen atoms in total. The lowest BCUT2D eigenvalue weighted by Gasteiger charge is -2.24. The van der Waals surface area contributed by atoms with Crippen LogP contribution in [0.25, 0.3) is 0 Å². The molecule has 0 aromatic heterocycles. The second kappa shape index (κ2) is 6.62. The van der Waals surface area contributed by atoms with Crippen molar-refractivity contribution in [3.05, 3.63) is 29.3 Å². The number of hydrogen-bond donors (Lipinski definition) is 2. The van der Waals surface area contributed by atoms with Gasteiger partial charge in [0.2, 0.25) is 0 Å². The van der Waals surface area contributed by atoms with Gasteiger partial charge in [-0.1, -0.05) is 32.4 Å². The van der Waals surface area contributed by atoms with Crippen molar-refractivity contribution in [3.8, 4) is 5.75 Å². The first-order valence-electron chi connectivity index (χ1n) is 6.24. The number of nitrogens with two attached hydrogens (primary N) is 1. The Morgan fingerprint density at radius 2 is 2.12 bits per heavy atom. The monoisotopic (exact) mass is 236 g/mol. The summed E-state index contributed by atoms with van der Waals surface area (Å²) in [6.07, 6.45) is 2.34. The molecule has 0 saturated carbocycles. The summed E-state index contributed by atoms with van der Waals surface area (Å²) in [7, 11) is 1.69. The Morgan fingerprint density at radius 3 is 2.59 bits per heavy atom. The molecule has 3 N–H and O–H groups in total. The molecule has 0 fully saturated rings. The normalized spacial score (nSPS) is 14.4. The summed E-state index contributed by atoms with van der Waals surface area (Å²) in [6, 6.07) is 6.45. The van der Waals surface area contributed by atoms with Crippen LogP contribution in [0.5, 0.6) is 5.75 Å². The average Bonchev–Trinajstić information content (AvgIpc) is 2.30. The fourth-order valence-corrected chi connectivity index (χ4v) is 2.31. The highest BCUT2D eigenvalue weighted by molar-refractivity contribution is 5.37. The van der Waals surface area contributed by atoms with Gasteiger partial charge < -0.3 is 4.74 Å². The van der Waals surface area contributed by atoms with Crippen LogP contribution in [0, 0.1) is 12.8 Å². The Kier molecular flexibility index (Phi) is 5.45. The third-order valence-electron chi connectivity index (χ3n) is 3.27. The van der Waals surface area contributed by atoms with Crippen LogP contribution in [-0.4, -0.2) is 7.11 Å². The topological polar surface area (TPSA) is 47.3 Å². The quantitative estimate of drug-likeness (QED) is 0.589.